The molecule has 1 aliphatic heterocycles. The second-order valence-corrected chi connectivity index (χ2v) is 9.95. The van der Waals surface area contributed by atoms with E-state index in [1.54, 1.807) is 27.7 Å². The van der Waals surface area contributed by atoms with E-state index < -0.39 is 0 Å². The molecule has 2 aromatic heterocycles. The summed E-state index contributed by atoms with van der Waals surface area (Å²) in [6, 6.07) is 9.99. The van der Waals surface area contributed by atoms with E-state index in [0.717, 1.165) is 43.6 Å². The molecule has 0 saturated carbocycles. The van der Waals surface area contributed by atoms with E-state index in [1.807, 2.05) is 49.1 Å². The number of hydrogen-bond donors (Lipinski definition) is 0. The fraction of sp³-hybridized carbons (Fsp3) is 0.435. The number of rotatable bonds is 7. The minimum Gasteiger partial charge on any atom is -0.378 e. The molecule has 1 aromatic carbocycles. The van der Waals surface area contributed by atoms with Crippen molar-refractivity contribution in [1.82, 2.24) is 14.5 Å². The summed E-state index contributed by atoms with van der Waals surface area (Å²) in [4.78, 5) is 34.4. The first-order chi connectivity index (χ1) is 15.0. The Balaban J connectivity index is 1.52. The first-order valence-corrected chi connectivity index (χ1v) is 12.4. The van der Waals surface area contributed by atoms with Crippen molar-refractivity contribution in [2.75, 3.05) is 32.1 Å². The van der Waals surface area contributed by atoms with Gasteiger partial charge in [-0.15, -0.1) is 11.3 Å². The van der Waals surface area contributed by atoms with Gasteiger partial charge in [-0.1, -0.05) is 42.1 Å². The Morgan fingerprint density at radius 1 is 1.19 bits per heavy atom. The Bertz CT molecular complexity index is 1120. The lowest BCUT2D eigenvalue weighted by Crippen LogP contribution is -2.40. The van der Waals surface area contributed by atoms with E-state index in [1.165, 1.54) is 0 Å². The van der Waals surface area contributed by atoms with Crippen LogP contribution in [0.4, 0.5) is 0 Å². The molecule has 0 bridgehead atoms. The zero-order valence-electron chi connectivity index (χ0n) is 17.9. The van der Waals surface area contributed by atoms with E-state index in [2.05, 4.69) is 0 Å². The molecular weight excluding hydrogens is 430 g/mol. The molecule has 1 aliphatic rings. The third-order valence-corrected chi connectivity index (χ3v) is 7.73. The van der Waals surface area contributed by atoms with E-state index >= 15 is 0 Å². The van der Waals surface area contributed by atoms with Gasteiger partial charge in [-0.2, -0.15) is 0 Å². The number of aryl methyl sites for hydroxylation is 2. The van der Waals surface area contributed by atoms with Gasteiger partial charge < -0.3 is 9.64 Å². The number of carbonyl (C=O) groups is 1. The van der Waals surface area contributed by atoms with Gasteiger partial charge in [0.2, 0.25) is 5.91 Å². The summed E-state index contributed by atoms with van der Waals surface area (Å²) < 4.78 is 7.10. The smallest absolute Gasteiger partial charge is 0.263 e. The van der Waals surface area contributed by atoms with Gasteiger partial charge >= 0.3 is 0 Å². The summed E-state index contributed by atoms with van der Waals surface area (Å²) in [5.74, 6) is 0.921. The lowest BCUT2D eigenvalue weighted by Gasteiger charge is -2.26. The Kier molecular flexibility index (Phi) is 7.09. The van der Waals surface area contributed by atoms with Crippen molar-refractivity contribution in [3.8, 4) is 0 Å². The number of thiophene rings is 1. The molecular formula is C23H27N3O3S2. The normalized spacial score (nSPS) is 14.3. The predicted molar refractivity (Wildman–Crippen MR) is 126 cm³/mol. The van der Waals surface area contributed by atoms with E-state index in [9.17, 15) is 9.59 Å². The number of carbonyl (C=O) groups excluding carboxylic acids is 1. The van der Waals surface area contributed by atoms with Crippen LogP contribution in [-0.2, 0) is 16.1 Å². The molecule has 164 valence electrons. The lowest BCUT2D eigenvalue weighted by molar-refractivity contribution is -0.135. The quantitative estimate of drug-likeness (QED) is 0.306. The summed E-state index contributed by atoms with van der Waals surface area (Å²) >= 11 is 3.14. The molecule has 1 amide bonds. The largest absolute Gasteiger partial charge is 0.378 e. The number of nitrogens with zero attached hydrogens (tertiary/aromatic N) is 3. The molecule has 0 unspecified atom stereocenters. The fourth-order valence-electron chi connectivity index (χ4n) is 3.68. The van der Waals surface area contributed by atoms with Gasteiger partial charge in [-0.3, -0.25) is 14.2 Å². The van der Waals surface area contributed by atoms with Gasteiger partial charge in [-0.25, -0.2) is 4.98 Å². The average Bonchev–Trinajstić information content (AvgIpc) is 3.08. The molecule has 1 saturated heterocycles. The zero-order chi connectivity index (χ0) is 21.8. The number of fused-ring (bicyclic) bond motifs is 1. The molecule has 1 fully saturated rings. The Hall–Kier alpha value is -2.16. The van der Waals surface area contributed by atoms with Crippen LogP contribution in [0.25, 0.3) is 10.2 Å². The molecule has 3 aromatic rings. The lowest BCUT2D eigenvalue weighted by atomic mass is 10.2. The maximum atomic E-state index is 13.4. The summed E-state index contributed by atoms with van der Waals surface area (Å²) in [6.07, 6.45) is 1.26. The predicted octanol–water partition coefficient (Wildman–Crippen LogP) is 3.85. The summed E-state index contributed by atoms with van der Waals surface area (Å²) in [5, 5.41) is 1.45. The fourth-order valence-corrected chi connectivity index (χ4v) is 5.69. The number of thioether (sulfide) groups is 1. The third-order valence-electron chi connectivity index (χ3n) is 5.57. The molecule has 0 atom stereocenters. The van der Waals surface area contributed by atoms with E-state index in [-0.39, 0.29) is 11.5 Å². The van der Waals surface area contributed by atoms with Crippen LogP contribution >= 0.6 is 23.1 Å². The highest BCUT2D eigenvalue weighted by molar-refractivity contribution is 7.99. The highest BCUT2D eigenvalue weighted by atomic mass is 32.2. The molecule has 8 heteroatoms. The van der Waals surface area contributed by atoms with Gasteiger partial charge in [-0.05, 0) is 31.4 Å². The van der Waals surface area contributed by atoms with Crippen molar-refractivity contribution < 1.29 is 9.53 Å². The molecule has 0 radical (unpaired) electrons. The van der Waals surface area contributed by atoms with Crippen LogP contribution in [0.5, 0.6) is 0 Å². The molecule has 3 heterocycles. The monoisotopic (exact) mass is 457 g/mol. The van der Waals surface area contributed by atoms with Crippen LogP contribution in [-0.4, -0.2) is 52.4 Å². The van der Waals surface area contributed by atoms with Crippen molar-refractivity contribution >= 4 is 39.2 Å². The molecule has 31 heavy (non-hydrogen) atoms. The van der Waals surface area contributed by atoms with Crippen molar-refractivity contribution in [2.24, 2.45) is 0 Å². The van der Waals surface area contributed by atoms with Crippen LogP contribution in [0.15, 0.2) is 40.3 Å². The topological polar surface area (TPSA) is 64.4 Å². The SMILES string of the molecule is Cc1sc2nc(SCCCC(=O)N3CCOCC3)n(Cc3ccccc3)c(=O)c2c1C. The molecule has 0 aliphatic carbocycles. The maximum Gasteiger partial charge on any atom is 0.263 e. The molecule has 6 nitrogen and oxygen atoms in total. The minimum atomic E-state index is 0.0163. The molecule has 4 rings (SSSR count). The van der Waals surface area contributed by atoms with Crippen molar-refractivity contribution in [2.45, 2.75) is 38.4 Å². The first kappa shape index (κ1) is 22.0. The van der Waals surface area contributed by atoms with E-state index in [0.29, 0.717) is 39.3 Å². The summed E-state index contributed by atoms with van der Waals surface area (Å²) in [5.41, 5.74) is 2.11. The average molecular weight is 458 g/mol. The number of ether oxygens (including phenoxy) is 1. The second-order valence-electron chi connectivity index (χ2n) is 7.68. The van der Waals surface area contributed by atoms with Crippen molar-refractivity contribution in [1.29, 1.82) is 0 Å². The van der Waals surface area contributed by atoms with Gasteiger partial charge in [0.15, 0.2) is 5.16 Å². The van der Waals surface area contributed by atoms with Crippen LogP contribution in [0.2, 0.25) is 0 Å². The van der Waals surface area contributed by atoms with Crippen LogP contribution in [0.3, 0.4) is 0 Å². The van der Waals surface area contributed by atoms with Gasteiger partial charge in [0.1, 0.15) is 4.83 Å². The highest BCUT2D eigenvalue weighted by Crippen LogP contribution is 2.29. The van der Waals surface area contributed by atoms with Crippen molar-refractivity contribution in [3.63, 3.8) is 0 Å². The maximum absolute atomic E-state index is 13.4. The first-order valence-electron chi connectivity index (χ1n) is 10.6. The third kappa shape index (κ3) is 5.02. The number of hydrogen-bond acceptors (Lipinski definition) is 6. The standard InChI is InChI=1S/C23H27N3O3S2/c1-16-17(2)31-21-20(16)22(28)26(15-18-7-4-3-5-8-18)23(24-21)30-14-6-9-19(27)25-10-12-29-13-11-25/h3-5,7-8H,6,9-15H2,1-2H3. The summed E-state index contributed by atoms with van der Waals surface area (Å²) in [7, 11) is 0. The Labute approximate surface area is 190 Å². The number of benzene rings is 1. The van der Waals surface area contributed by atoms with Crippen LogP contribution < -0.4 is 5.56 Å². The van der Waals surface area contributed by atoms with Crippen LogP contribution in [0.1, 0.15) is 28.8 Å². The molecule has 0 spiro atoms. The number of amides is 1. The highest BCUT2D eigenvalue weighted by Gasteiger charge is 2.18. The van der Waals surface area contributed by atoms with Crippen molar-refractivity contribution in [3.05, 3.63) is 56.7 Å². The minimum absolute atomic E-state index is 0.0163. The Morgan fingerprint density at radius 3 is 2.68 bits per heavy atom. The van der Waals surface area contributed by atoms with Crippen LogP contribution in [0, 0.1) is 13.8 Å². The molecule has 0 N–H and O–H groups in total. The Morgan fingerprint density at radius 2 is 1.94 bits per heavy atom. The zero-order valence-corrected chi connectivity index (χ0v) is 19.6. The summed E-state index contributed by atoms with van der Waals surface area (Å²) in [6.45, 7) is 7.12. The van der Waals surface area contributed by atoms with Gasteiger partial charge in [0.25, 0.3) is 5.56 Å². The van der Waals surface area contributed by atoms with Gasteiger partial charge in [0.05, 0.1) is 25.1 Å². The van der Waals surface area contributed by atoms with E-state index in [4.69, 9.17) is 9.72 Å². The number of morpholine rings is 1. The number of aromatic nitrogens is 2. The van der Waals surface area contributed by atoms with Gasteiger partial charge in [0, 0.05) is 30.1 Å². The second kappa shape index (κ2) is 9.97.